The Hall–Kier alpha value is -5.32. The lowest BCUT2D eigenvalue weighted by molar-refractivity contribution is 0.630. The molecule has 3 nitrogen and oxygen atoms in total. The minimum Gasteiger partial charge on any atom is -0.307 e. The Morgan fingerprint density at radius 3 is 2.24 bits per heavy atom. The molecule has 0 saturated heterocycles. The second-order valence-corrected chi connectivity index (χ2v) is 13.7. The highest BCUT2D eigenvalue weighted by atomic mass is 32.1. The standard InChI is InChI=1S/C41H27N3S/c1-41(2)31-15-9-14-30-37(31)44(38-29-13-6-8-17-35(29)45-39(30)38)34-21-20-27(23-32(34)41)40-42-33-16-7-5-12-28(33)36(43-40)26-19-18-24-10-3-4-11-25(24)22-26/h3-23H,1-2H3. The van der Waals surface area contributed by atoms with Crippen molar-refractivity contribution < 1.29 is 0 Å². The van der Waals surface area contributed by atoms with Crippen molar-refractivity contribution in [2.45, 2.75) is 19.3 Å². The third kappa shape index (κ3) is 3.40. The first-order valence-corrected chi connectivity index (χ1v) is 16.2. The van der Waals surface area contributed by atoms with Crippen molar-refractivity contribution in [2.24, 2.45) is 0 Å². The summed E-state index contributed by atoms with van der Waals surface area (Å²) in [5.74, 6) is 0.748. The van der Waals surface area contributed by atoms with Crippen LogP contribution in [0.3, 0.4) is 0 Å². The molecule has 3 aromatic heterocycles. The summed E-state index contributed by atoms with van der Waals surface area (Å²) in [7, 11) is 0. The fraction of sp³-hybridized carbons (Fsp3) is 0.0732. The highest BCUT2D eigenvalue weighted by molar-refractivity contribution is 7.26. The molecule has 4 heterocycles. The number of rotatable bonds is 2. The first kappa shape index (κ1) is 25.1. The smallest absolute Gasteiger partial charge is 0.160 e. The summed E-state index contributed by atoms with van der Waals surface area (Å²) in [4.78, 5) is 10.4. The van der Waals surface area contributed by atoms with Crippen LogP contribution in [0.15, 0.2) is 127 Å². The summed E-state index contributed by atoms with van der Waals surface area (Å²) in [6.07, 6.45) is 0. The first-order chi connectivity index (χ1) is 22.1. The van der Waals surface area contributed by atoms with Crippen molar-refractivity contribution in [3.8, 4) is 28.3 Å². The van der Waals surface area contributed by atoms with E-state index >= 15 is 0 Å². The predicted molar refractivity (Wildman–Crippen MR) is 190 cm³/mol. The molecule has 4 heteroatoms. The van der Waals surface area contributed by atoms with E-state index in [2.05, 4.69) is 146 Å². The Morgan fingerprint density at radius 2 is 1.33 bits per heavy atom. The second-order valence-electron chi connectivity index (χ2n) is 12.6. The molecule has 1 aliphatic rings. The maximum Gasteiger partial charge on any atom is 0.160 e. The lowest BCUT2D eigenvalue weighted by Crippen LogP contribution is -2.26. The van der Waals surface area contributed by atoms with Crippen LogP contribution in [0.4, 0.5) is 0 Å². The van der Waals surface area contributed by atoms with Gasteiger partial charge < -0.3 is 4.57 Å². The Kier molecular flexibility index (Phi) is 4.94. The molecule has 0 radical (unpaired) electrons. The molecule has 0 bridgehead atoms. The lowest BCUT2D eigenvalue weighted by atomic mass is 9.74. The molecule has 0 fully saturated rings. The summed E-state index contributed by atoms with van der Waals surface area (Å²) in [6, 6.07) is 45.9. The molecule has 10 rings (SSSR count). The summed E-state index contributed by atoms with van der Waals surface area (Å²) < 4.78 is 5.20. The average Bonchev–Trinajstić information content (AvgIpc) is 3.62. The third-order valence-electron chi connectivity index (χ3n) is 9.77. The normalized spacial score (nSPS) is 13.7. The monoisotopic (exact) mass is 593 g/mol. The maximum absolute atomic E-state index is 5.28. The van der Waals surface area contributed by atoms with Crippen LogP contribution >= 0.6 is 11.3 Å². The Morgan fingerprint density at radius 1 is 0.578 bits per heavy atom. The zero-order valence-corrected chi connectivity index (χ0v) is 25.7. The topological polar surface area (TPSA) is 30.7 Å². The molecule has 212 valence electrons. The van der Waals surface area contributed by atoms with Gasteiger partial charge in [-0.3, -0.25) is 0 Å². The maximum atomic E-state index is 5.28. The zero-order valence-electron chi connectivity index (χ0n) is 24.9. The van der Waals surface area contributed by atoms with E-state index in [0.717, 1.165) is 33.5 Å². The molecule has 0 atom stereocenters. The van der Waals surface area contributed by atoms with Crippen LogP contribution in [0, 0.1) is 0 Å². The largest absolute Gasteiger partial charge is 0.307 e. The molecule has 6 aromatic carbocycles. The molecular formula is C41H27N3S. The molecule has 0 aliphatic carbocycles. The van der Waals surface area contributed by atoms with E-state index in [1.807, 2.05) is 11.3 Å². The van der Waals surface area contributed by atoms with E-state index in [-0.39, 0.29) is 5.41 Å². The molecule has 0 amide bonds. The molecule has 1 aliphatic heterocycles. The van der Waals surface area contributed by atoms with Gasteiger partial charge in [0.2, 0.25) is 0 Å². The minimum atomic E-state index is -0.199. The summed E-state index contributed by atoms with van der Waals surface area (Å²) in [5, 5.41) is 6.14. The van der Waals surface area contributed by atoms with Gasteiger partial charge in [-0.1, -0.05) is 105 Å². The van der Waals surface area contributed by atoms with E-state index in [1.165, 1.54) is 58.8 Å². The quantitative estimate of drug-likeness (QED) is 0.200. The van der Waals surface area contributed by atoms with Gasteiger partial charge >= 0.3 is 0 Å². The molecule has 45 heavy (non-hydrogen) atoms. The molecule has 0 saturated carbocycles. The summed E-state index contributed by atoms with van der Waals surface area (Å²) >= 11 is 1.90. The molecule has 0 spiro atoms. The Balaban J connectivity index is 1.23. The van der Waals surface area contributed by atoms with Crippen molar-refractivity contribution in [3.63, 3.8) is 0 Å². The van der Waals surface area contributed by atoms with Gasteiger partial charge in [0.15, 0.2) is 5.82 Å². The fourth-order valence-corrected chi connectivity index (χ4v) is 8.75. The van der Waals surface area contributed by atoms with Gasteiger partial charge in [-0.2, -0.15) is 0 Å². The van der Waals surface area contributed by atoms with Crippen LogP contribution in [0.25, 0.3) is 81.2 Å². The van der Waals surface area contributed by atoms with Gasteiger partial charge in [0.05, 0.1) is 32.6 Å². The second kappa shape index (κ2) is 8.87. The van der Waals surface area contributed by atoms with Gasteiger partial charge in [-0.15, -0.1) is 11.3 Å². The van der Waals surface area contributed by atoms with Crippen LogP contribution in [0.1, 0.15) is 25.0 Å². The Labute approximate surface area is 264 Å². The van der Waals surface area contributed by atoms with Crippen LogP contribution in [0.2, 0.25) is 0 Å². The van der Waals surface area contributed by atoms with Gasteiger partial charge in [-0.05, 0) is 58.3 Å². The van der Waals surface area contributed by atoms with Crippen molar-refractivity contribution >= 4 is 64.2 Å². The van der Waals surface area contributed by atoms with Crippen molar-refractivity contribution in [3.05, 3.63) is 139 Å². The Bertz CT molecular complexity index is 2690. The number of aromatic nitrogens is 3. The number of benzene rings is 6. The number of fused-ring (bicyclic) bond motifs is 9. The van der Waals surface area contributed by atoms with E-state index in [0.29, 0.717) is 0 Å². The summed E-state index contributed by atoms with van der Waals surface area (Å²) in [6.45, 7) is 4.71. The van der Waals surface area contributed by atoms with E-state index in [1.54, 1.807) is 0 Å². The average molecular weight is 594 g/mol. The van der Waals surface area contributed by atoms with Crippen LogP contribution in [-0.4, -0.2) is 14.5 Å². The van der Waals surface area contributed by atoms with E-state index in [9.17, 15) is 0 Å². The van der Waals surface area contributed by atoms with Gasteiger partial charge in [0, 0.05) is 37.4 Å². The predicted octanol–water partition coefficient (Wildman–Crippen LogP) is 11.1. The van der Waals surface area contributed by atoms with Crippen molar-refractivity contribution in [2.75, 3.05) is 0 Å². The van der Waals surface area contributed by atoms with Gasteiger partial charge in [0.25, 0.3) is 0 Å². The van der Waals surface area contributed by atoms with Crippen molar-refractivity contribution in [1.82, 2.24) is 14.5 Å². The molecule has 0 N–H and O–H groups in total. The van der Waals surface area contributed by atoms with E-state index < -0.39 is 0 Å². The highest BCUT2D eigenvalue weighted by Crippen LogP contribution is 2.51. The first-order valence-electron chi connectivity index (χ1n) is 15.4. The molecule has 9 aromatic rings. The minimum absolute atomic E-state index is 0.199. The fourth-order valence-electron chi connectivity index (χ4n) is 7.54. The third-order valence-corrected chi connectivity index (χ3v) is 11.0. The highest BCUT2D eigenvalue weighted by Gasteiger charge is 2.36. The summed E-state index contributed by atoms with van der Waals surface area (Å²) in [5.41, 5.74) is 10.4. The number of hydrogen-bond donors (Lipinski definition) is 0. The lowest BCUT2D eigenvalue weighted by Gasteiger charge is -2.35. The number of nitrogens with zero attached hydrogens (tertiary/aromatic N) is 3. The molecule has 0 unspecified atom stereocenters. The van der Waals surface area contributed by atoms with Crippen LogP contribution in [-0.2, 0) is 5.41 Å². The number of para-hydroxylation sites is 2. The zero-order chi connectivity index (χ0) is 29.9. The van der Waals surface area contributed by atoms with Crippen LogP contribution < -0.4 is 0 Å². The van der Waals surface area contributed by atoms with Crippen LogP contribution in [0.5, 0.6) is 0 Å². The number of thiophene rings is 1. The van der Waals surface area contributed by atoms with Crippen molar-refractivity contribution in [1.29, 1.82) is 0 Å². The van der Waals surface area contributed by atoms with Gasteiger partial charge in [0.1, 0.15) is 0 Å². The SMILES string of the molecule is CC1(C)c2cc(-c3nc(-c4ccc5ccccc5c4)c4ccccc4n3)ccc2-n2c3c1cccc3c1sc3ccccc3c12. The van der Waals surface area contributed by atoms with Gasteiger partial charge in [-0.25, -0.2) is 9.97 Å². The number of hydrogen-bond acceptors (Lipinski definition) is 3. The molecular weight excluding hydrogens is 567 g/mol. The van der Waals surface area contributed by atoms with E-state index in [4.69, 9.17) is 9.97 Å².